The summed E-state index contributed by atoms with van der Waals surface area (Å²) in [4.78, 5) is 2.39. The van der Waals surface area contributed by atoms with Gasteiger partial charge in [-0.05, 0) is 55.7 Å². The zero-order valence-corrected chi connectivity index (χ0v) is 15.9. The van der Waals surface area contributed by atoms with Crippen LogP contribution in [0.4, 0.5) is 11.6 Å². The van der Waals surface area contributed by atoms with Gasteiger partial charge in [0.1, 0.15) is 5.75 Å². The van der Waals surface area contributed by atoms with Gasteiger partial charge in [0.25, 0.3) is 10.0 Å². The van der Waals surface area contributed by atoms with E-state index in [1.165, 1.54) is 18.9 Å². The van der Waals surface area contributed by atoms with Crippen LogP contribution in [0, 0.1) is 6.92 Å². The molecule has 0 atom stereocenters. The number of hydrogen-bond donors (Lipinski definition) is 1. The molecule has 0 spiro atoms. The number of sulfonamides is 1. The highest BCUT2D eigenvalue weighted by Crippen LogP contribution is 2.23. The van der Waals surface area contributed by atoms with E-state index in [1.54, 1.807) is 32.2 Å². The molecule has 2 aromatic rings. The van der Waals surface area contributed by atoms with Crippen LogP contribution in [0.15, 0.2) is 35.2 Å². The maximum Gasteiger partial charge on any atom is 0.263 e. The highest BCUT2D eigenvalue weighted by atomic mass is 32.2. The Hall–Kier alpha value is -2.35. The molecule has 8 heteroatoms. The van der Waals surface area contributed by atoms with Crippen molar-refractivity contribution in [3.8, 4) is 5.75 Å². The second-order valence-corrected chi connectivity index (χ2v) is 8.07. The molecule has 0 aliphatic carbocycles. The first-order valence-electron chi connectivity index (χ1n) is 8.76. The second kappa shape index (κ2) is 7.90. The summed E-state index contributed by atoms with van der Waals surface area (Å²) in [5.41, 5.74) is 0.603. The minimum Gasteiger partial charge on any atom is -0.497 e. The van der Waals surface area contributed by atoms with E-state index in [0.29, 0.717) is 11.3 Å². The van der Waals surface area contributed by atoms with Crippen LogP contribution in [0.3, 0.4) is 0 Å². The highest BCUT2D eigenvalue weighted by Gasteiger charge is 2.19. The quantitative estimate of drug-likeness (QED) is 0.864. The van der Waals surface area contributed by atoms with E-state index in [-0.39, 0.29) is 10.7 Å². The standard InChI is InChI=1S/C18H24N4O3S/c1-14-13-15(25-2)7-8-16(14)26(23,24)21-17-9-10-18(20-19-17)22-11-5-3-4-6-12-22/h7-10,13H,3-6,11-12H2,1-2H3,(H,19,21). The number of methoxy groups -OCH3 is 1. The Morgan fingerprint density at radius 2 is 1.77 bits per heavy atom. The molecular formula is C18H24N4O3S. The molecule has 0 saturated carbocycles. The minimum atomic E-state index is -3.73. The fourth-order valence-electron chi connectivity index (χ4n) is 3.09. The van der Waals surface area contributed by atoms with E-state index in [0.717, 1.165) is 31.7 Å². The predicted octanol–water partition coefficient (Wildman–Crippen LogP) is 2.97. The van der Waals surface area contributed by atoms with Gasteiger partial charge in [0, 0.05) is 13.1 Å². The maximum absolute atomic E-state index is 12.6. The zero-order valence-electron chi connectivity index (χ0n) is 15.1. The summed E-state index contributed by atoms with van der Waals surface area (Å²) < 4.78 is 32.9. The molecule has 0 amide bonds. The monoisotopic (exact) mass is 376 g/mol. The first-order chi connectivity index (χ1) is 12.5. The van der Waals surface area contributed by atoms with Crippen LogP contribution < -0.4 is 14.4 Å². The maximum atomic E-state index is 12.6. The van der Waals surface area contributed by atoms with E-state index in [9.17, 15) is 8.42 Å². The average Bonchev–Trinajstić information content (AvgIpc) is 2.91. The molecule has 1 aliphatic heterocycles. The van der Waals surface area contributed by atoms with Gasteiger partial charge in [-0.3, -0.25) is 4.72 Å². The van der Waals surface area contributed by atoms with Crippen LogP contribution in [0.25, 0.3) is 0 Å². The van der Waals surface area contributed by atoms with Crippen molar-refractivity contribution in [1.29, 1.82) is 0 Å². The van der Waals surface area contributed by atoms with E-state index < -0.39 is 10.0 Å². The Morgan fingerprint density at radius 3 is 2.35 bits per heavy atom. The molecule has 26 heavy (non-hydrogen) atoms. The van der Waals surface area contributed by atoms with E-state index in [4.69, 9.17) is 4.74 Å². The number of benzene rings is 1. The number of aryl methyl sites for hydroxylation is 1. The van der Waals surface area contributed by atoms with E-state index in [2.05, 4.69) is 19.8 Å². The number of anilines is 2. The number of aromatic nitrogens is 2. The first-order valence-corrected chi connectivity index (χ1v) is 10.2. The Bertz CT molecular complexity index is 845. The summed E-state index contributed by atoms with van der Waals surface area (Å²) in [6.07, 6.45) is 4.77. The van der Waals surface area contributed by atoms with Gasteiger partial charge >= 0.3 is 0 Å². The molecule has 1 aromatic carbocycles. The summed E-state index contributed by atoms with van der Waals surface area (Å²) >= 11 is 0. The highest BCUT2D eigenvalue weighted by molar-refractivity contribution is 7.92. The Morgan fingerprint density at radius 1 is 1.04 bits per heavy atom. The number of hydrogen-bond acceptors (Lipinski definition) is 6. The lowest BCUT2D eigenvalue weighted by Gasteiger charge is -2.20. The topological polar surface area (TPSA) is 84.4 Å². The molecular weight excluding hydrogens is 352 g/mol. The van der Waals surface area contributed by atoms with Crippen LogP contribution in [-0.2, 0) is 10.0 Å². The molecule has 1 aromatic heterocycles. The lowest BCUT2D eigenvalue weighted by atomic mass is 10.2. The predicted molar refractivity (Wildman–Crippen MR) is 101 cm³/mol. The summed E-state index contributed by atoms with van der Waals surface area (Å²) in [7, 11) is -2.19. The number of ether oxygens (including phenoxy) is 1. The normalized spacial score (nSPS) is 15.4. The molecule has 1 N–H and O–H groups in total. The van der Waals surface area contributed by atoms with E-state index in [1.807, 2.05) is 6.07 Å². The van der Waals surface area contributed by atoms with Gasteiger partial charge in [0.2, 0.25) is 0 Å². The van der Waals surface area contributed by atoms with Crippen molar-refractivity contribution in [2.45, 2.75) is 37.5 Å². The van der Waals surface area contributed by atoms with Crippen LogP contribution in [0.5, 0.6) is 5.75 Å². The summed E-state index contributed by atoms with van der Waals surface area (Å²) in [5, 5.41) is 8.25. The largest absolute Gasteiger partial charge is 0.497 e. The van der Waals surface area contributed by atoms with Crippen molar-refractivity contribution in [2.75, 3.05) is 29.8 Å². The van der Waals surface area contributed by atoms with Crippen LogP contribution in [-0.4, -0.2) is 38.8 Å². The number of nitrogens with one attached hydrogen (secondary N) is 1. The molecule has 1 aliphatic rings. The van der Waals surface area contributed by atoms with Gasteiger partial charge in [-0.2, -0.15) is 0 Å². The first kappa shape index (κ1) is 18.4. The van der Waals surface area contributed by atoms with Crippen molar-refractivity contribution in [2.24, 2.45) is 0 Å². The molecule has 0 unspecified atom stereocenters. The van der Waals surface area contributed by atoms with Gasteiger partial charge in [-0.1, -0.05) is 12.8 Å². The Balaban J connectivity index is 1.75. The van der Waals surface area contributed by atoms with Gasteiger partial charge in [-0.25, -0.2) is 8.42 Å². The van der Waals surface area contributed by atoms with Gasteiger partial charge in [0.15, 0.2) is 11.6 Å². The molecule has 0 bridgehead atoms. The van der Waals surface area contributed by atoms with Crippen molar-refractivity contribution in [3.05, 3.63) is 35.9 Å². The van der Waals surface area contributed by atoms with Crippen LogP contribution >= 0.6 is 0 Å². The average molecular weight is 376 g/mol. The third-order valence-corrected chi connectivity index (χ3v) is 6.01. The fourth-order valence-corrected chi connectivity index (χ4v) is 4.32. The smallest absolute Gasteiger partial charge is 0.263 e. The van der Waals surface area contributed by atoms with Gasteiger partial charge in [0.05, 0.1) is 12.0 Å². The zero-order chi connectivity index (χ0) is 18.6. The van der Waals surface area contributed by atoms with E-state index >= 15 is 0 Å². The molecule has 0 radical (unpaired) electrons. The number of nitrogens with zero attached hydrogens (tertiary/aromatic N) is 3. The fraction of sp³-hybridized carbons (Fsp3) is 0.444. The molecule has 2 heterocycles. The van der Waals surface area contributed by atoms with Crippen molar-refractivity contribution < 1.29 is 13.2 Å². The van der Waals surface area contributed by atoms with Crippen LogP contribution in [0.2, 0.25) is 0 Å². The van der Waals surface area contributed by atoms with Gasteiger partial charge in [-0.15, -0.1) is 10.2 Å². The third kappa shape index (κ3) is 4.24. The Labute approximate surface area is 154 Å². The summed E-state index contributed by atoms with van der Waals surface area (Å²) in [6.45, 7) is 3.65. The van der Waals surface area contributed by atoms with Gasteiger partial charge < -0.3 is 9.64 Å². The Kier molecular flexibility index (Phi) is 5.61. The molecule has 3 rings (SSSR count). The van der Waals surface area contributed by atoms with Crippen molar-refractivity contribution in [1.82, 2.24) is 10.2 Å². The minimum absolute atomic E-state index is 0.191. The third-order valence-electron chi connectivity index (χ3n) is 4.49. The van der Waals surface area contributed by atoms with Crippen LogP contribution in [0.1, 0.15) is 31.2 Å². The second-order valence-electron chi connectivity index (χ2n) is 6.41. The lowest BCUT2D eigenvalue weighted by Crippen LogP contribution is -2.25. The summed E-state index contributed by atoms with van der Waals surface area (Å²) in [6, 6.07) is 8.30. The molecule has 1 fully saturated rings. The SMILES string of the molecule is COc1ccc(S(=O)(=O)Nc2ccc(N3CCCCCC3)nn2)c(C)c1. The molecule has 1 saturated heterocycles. The lowest BCUT2D eigenvalue weighted by molar-refractivity contribution is 0.414. The molecule has 7 nitrogen and oxygen atoms in total. The van der Waals surface area contributed by atoms with Crippen molar-refractivity contribution in [3.63, 3.8) is 0 Å². The molecule has 140 valence electrons. The number of rotatable bonds is 5. The summed E-state index contributed by atoms with van der Waals surface area (Å²) in [5.74, 6) is 1.61. The van der Waals surface area contributed by atoms with Crippen molar-refractivity contribution >= 4 is 21.7 Å².